The Labute approximate surface area is 139 Å². The Balaban J connectivity index is 1.68. The number of imidazole rings is 1. The Morgan fingerprint density at radius 1 is 1.48 bits per heavy atom. The fraction of sp³-hybridized carbons (Fsp3) is 0.375. The van der Waals surface area contributed by atoms with Crippen LogP contribution in [0.3, 0.4) is 0 Å². The minimum Gasteiger partial charge on any atom is -0.350 e. The maximum Gasteiger partial charge on any atom is 0.275 e. The van der Waals surface area contributed by atoms with Crippen LogP contribution in [0.2, 0.25) is 0 Å². The fourth-order valence-electron chi connectivity index (χ4n) is 2.42. The van der Waals surface area contributed by atoms with Crippen LogP contribution in [0.25, 0.3) is 5.69 Å². The highest BCUT2D eigenvalue weighted by Crippen LogP contribution is 2.19. The van der Waals surface area contributed by atoms with Crippen molar-refractivity contribution in [3.63, 3.8) is 0 Å². The first-order valence-corrected chi connectivity index (χ1v) is 8.76. The fourth-order valence-corrected chi connectivity index (χ4v) is 2.95. The summed E-state index contributed by atoms with van der Waals surface area (Å²) in [6, 6.07) is 7.33. The van der Waals surface area contributed by atoms with Gasteiger partial charge < -0.3 is 4.74 Å². The van der Waals surface area contributed by atoms with Crippen LogP contribution in [0.5, 0.6) is 0 Å². The van der Waals surface area contributed by atoms with Crippen molar-refractivity contribution in [1.29, 1.82) is 0 Å². The van der Waals surface area contributed by atoms with E-state index in [2.05, 4.69) is 10.5 Å². The lowest BCUT2D eigenvalue weighted by Crippen LogP contribution is -2.33. The van der Waals surface area contributed by atoms with Crippen molar-refractivity contribution in [2.45, 2.75) is 30.7 Å². The van der Waals surface area contributed by atoms with E-state index in [0.29, 0.717) is 12.2 Å². The Kier molecular flexibility index (Phi) is 5.32. The molecule has 1 saturated heterocycles. The maximum atomic E-state index is 12.2. The van der Waals surface area contributed by atoms with Gasteiger partial charge in [0, 0.05) is 36.7 Å². The van der Waals surface area contributed by atoms with Crippen LogP contribution in [0.4, 0.5) is 0 Å². The topological polar surface area (TPSA) is 65.4 Å². The van der Waals surface area contributed by atoms with Gasteiger partial charge >= 0.3 is 0 Å². The minimum atomic E-state index is -0.354. The second-order valence-electron chi connectivity index (χ2n) is 5.18. The lowest BCUT2D eigenvalue weighted by Gasteiger charge is -2.22. The highest BCUT2D eigenvalue weighted by molar-refractivity contribution is 7.98. The molecule has 1 amide bonds. The summed E-state index contributed by atoms with van der Waals surface area (Å²) >= 11 is 1.55. The van der Waals surface area contributed by atoms with Crippen LogP contribution in [0.15, 0.2) is 41.8 Å². The van der Waals surface area contributed by atoms with Crippen LogP contribution in [-0.2, 0) is 9.57 Å². The first-order valence-electron chi connectivity index (χ1n) is 7.53. The normalized spacial score (nSPS) is 17.9. The number of nitrogens with one attached hydrogen (secondary N) is 1. The van der Waals surface area contributed by atoms with Gasteiger partial charge in [0.2, 0.25) is 0 Å². The average Bonchev–Trinajstić information content (AvgIpc) is 3.09. The van der Waals surface area contributed by atoms with E-state index in [1.54, 1.807) is 24.0 Å². The number of rotatable bonds is 5. The van der Waals surface area contributed by atoms with E-state index in [0.717, 1.165) is 30.1 Å². The molecule has 1 N–H and O–H groups in total. The molecule has 122 valence electrons. The summed E-state index contributed by atoms with van der Waals surface area (Å²) in [4.78, 5) is 21.8. The number of nitrogens with zero attached hydrogens (tertiary/aromatic N) is 2. The van der Waals surface area contributed by atoms with Crippen molar-refractivity contribution in [2.75, 3.05) is 12.9 Å². The molecule has 1 aromatic heterocycles. The molecule has 7 heteroatoms. The Morgan fingerprint density at radius 2 is 2.39 bits per heavy atom. The van der Waals surface area contributed by atoms with E-state index >= 15 is 0 Å². The summed E-state index contributed by atoms with van der Waals surface area (Å²) < 4.78 is 7.36. The Morgan fingerprint density at radius 3 is 3.17 bits per heavy atom. The molecule has 3 rings (SSSR count). The summed E-state index contributed by atoms with van der Waals surface area (Å²) in [5.74, 6) is -0.285. The quantitative estimate of drug-likeness (QED) is 0.673. The Hall–Kier alpha value is -1.83. The predicted octanol–water partition coefficient (Wildman–Crippen LogP) is 2.78. The lowest BCUT2D eigenvalue weighted by molar-refractivity contribution is -0.186. The van der Waals surface area contributed by atoms with Crippen LogP contribution >= 0.6 is 11.8 Å². The zero-order valence-electron chi connectivity index (χ0n) is 12.9. The summed E-state index contributed by atoms with van der Waals surface area (Å²) in [6.45, 7) is 0.675. The molecule has 2 heterocycles. The molecule has 23 heavy (non-hydrogen) atoms. The number of carbonyl (C=O) groups excluding carboxylic acids is 1. The standard InChI is InChI=1S/C16H19N3O3S/c1-23-16-17-8-9-19(16)13-6-4-5-12(11-13)15(20)18-22-14-7-2-3-10-21-14/h4-6,8-9,11,14H,2-3,7,10H2,1H3,(H,18,20). The summed E-state index contributed by atoms with van der Waals surface area (Å²) in [5.41, 5.74) is 3.89. The predicted molar refractivity (Wildman–Crippen MR) is 87.5 cm³/mol. The molecule has 1 fully saturated rings. The molecule has 1 unspecified atom stereocenters. The molecule has 1 aromatic carbocycles. The van der Waals surface area contributed by atoms with E-state index in [1.165, 1.54) is 0 Å². The first-order chi connectivity index (χ1) is 11.3. The van der Waals surface area contributed by atoms with Crippen molar-refractivity contribution in [3.8, 4) is 5.69 Å². The molecule has 0 spiro atoms. The van der Waals surface area contributed by atoms with Crippen molar-refractivity contribution in [1.82, 2.24) is 15.0 Å². The average molecular weight is 333 g/mol. The number of thioether (sulfide) groups is 1. The number of carbonyl (C=O) groups is 1. The first kappa shape index (κ1) is 16.0. The number of hydrogen-bond donors (Lipinski definition) is 1. The van der Waals surface area contributed by atoms with Crippen molar-refractivity contribution >= 4 is 17.7 Å². The van der Waals surface area contributed by atoms with Gasteiger partial charge in [0.05, 0.1) is 0 Å². The number of aromatic nitrogens is 2. The van der Waals surface area contributed by atoms with E-state index in [1.807, 2.05) is 35.2 Å². The second kappa shape index (κ2) is 7.63. The number of ether oxygens (including phenoxy) is 1. The van der Waals surface area contributed by atoms with E-state index in [9.17, 15) is 4.79 Å². The third-order valence-electron chi connectivity index (χ3n) is 3.60. The molecule has 2 aromatic rings. The smallest absolute Gasteiger partial charge is 0.275 e. The third-order valence-corrected chi connectivity index (χ3v) is 4.26. The highest BCUT2D eigenvalue weighted by atomic mass is 32.2. The zero-order chi connectivity index (χ0) is 16.1. The molecular formula is C16H19N3O3S. The monoisotopic (exact) mass is 333 g/mol. The van der Waals surface area contributed by atoms with Gasteiger partial charge in [-0.1, -0.05) is 17.8 Å². The van der Waals surface area contributed by atoms with Gasteiger partial charge in [0.15, 0.2) is 11.4 Å². The van der Waals surface area contributed by atoms with Gasteiger partial charge in [-0.2, -0.15) is 0 Å². The van der Waals surface area contributed by atoms with Gasteiger partial charge in [0.25, 0.3) is 5.91 Å². The second-order valence-corrected chi connectivity index (χ2v) is 5.95. The number of amides is 1. The molecule has 6 nitrogen and oxygen atoms in total. The summed E-state index contributed by atoms with van der Waals surface area (Å²) in [5, 5.41) is 0.870. The van der Waals surface area contributed by atoms with Crippen LogP contribution in [-0.4, -0.2) is 34.6 Å². The molecular weight excluding hydrogens is 314 g/mol. The zero-order valence-corrected chi connectivity index (χ0v) is 13.7. The van der Waals surface area contributed by atoms with Crippen LogP contribution in [0, 0.1) is 0 Å². The SMILES string of the molecule is CSc1nccn1-c1cccc(C(=O)NOC2CCCCO2)c1. The molecule has 0 saturated carbocycles. The van der Waals surface area contributed by atoms with E-state index < -0.39 is 0 Å². The molecule has 0 aliphatic carbocycles. The van der Waals surface area contributed by atoms with Crippen molar-refractivity contribution in [2.24, 2.45) is 0 Å². The lowest BCUT2D eigenvalue weighted by atomic mass is 10.2. The molecule has 0 bridgehead atoms. The van der Waals surface area contributed by atoms with Crippen LogP contribution in [0.1, 0.15) is 29.6 Å². The maximum absolute atomic E-state index is 12.2. The van der Waals surface area contributed by atoms with Crippen LogP contribution < -0.4 is 5.48 Å². The van der Waals surface area contributed by atoms with Gasteiger partial charge in [-0.25, -0.2) is 15.3 Å². The molecule has 1 atom stereocenters. The largest absolute Gasteiger partial charge is 0.350 e. The number of benzene rings is 1. The summed E-state index contributed by atoms with van der Waals surface area (Å²) in [6.07, 6.45) is 8.11. The number of hydroxylamine groups is 1. The Bertz CT molecular complexity index is 668. The number of hydrogen-bond acceptors (Lipinski definition) is 5. The minimum absolute atomic E-state index is 0.285. The third kappa shape index (κ3) is 3.93. The summed E-state index contributed by atoms with van der Waals surface area (Å²) in [7, 11) is 0. The van der Waals surface area contributed by atoms with Gasteiger partial charge in [-0.3, -0.25) is 9.36 Å². The van der Waals surface area contributed by atoms with Gasteiger partial charge in [-0.05, 0) is 37.3 Å². The van der Waals surface area contributed by atoms with E-state index in [-0.39, 0.29) is 12.2 Å². The van der Waals surface area contributed by atoms with Crippen molar-refractivity contribution in [3.05, 3.63) is 42.2 Å². The van der Waals surface area contributed by atoms with Gasteiger partial charge in [-0.15, -0.1) is 0 Å². The van der Waals surface area contributed by atoms with E-state index in [4.69, 9.17) is 9.57 Å². The highest BCUT2D eigenvalue weighted by Gasteiger charge is 2.16. The van der Waals surface area contributed by atoms with Gasteiger partial charge in [0.1, 0.15) is 0 Å². The molecule has 1 aliphatic heterocycles. The molecule has 1 aliphatic rings. The molecule has 0 radical (unpaired) electrons. The van der Waals surface area contributed by atoms with Crippen molar-refractivity contribution < 1.29 is 14.4 Å².